The number of hydrogen-bond donors (Lipinski definition) is 2. The molecule has 0 fully saturated rings. The number of hydrogen-bond acceptors (Lipinski definition) is 3. The van der Waals surface area contributed by atoms with E-state index < -0.39 is 6.36 Å². The van der Waals surface area contributed by atoms with Crippen molar-refractivity contribution in [1.29, 1.82) is 0 Å². The number of fused-ring (bicyclic) bond motifs is 1. The Kier molecular flexibility index (Phi) is 5.72. The van der Waals surface area contributed by atoms with E-state index in [1.54, 1.807) is 19.2 Å². The van der Waals surface area contributed by atoms with E-state index in [0.29, 0.717) is 18.1 Å². The molecule has 0 atom stereocenters. The van der Waals surface area contributed by atoms with Gasteiger partial charge in [-0.15, -0.1) is 13.2 Å². The van der Waals surface area contributed by atoms with Gasteiger partial charge in [0.2, 0.25) is 0 Å². The molecule has 0 amide bonds. The lowest BCUT2D eigenvalue weighted by Crippen LogP contribution is -2.37. The van der Waals surface area contributed by atoms with Gasteiger partial charge in [-0.3, -0.25) is 4.99 Å². The average Bonchev–Trinajstić information content (AvgIpc) is 2.98. The van der Waals surface area contributed by atoms with Crippen molar-refractivity contribution in [3.8, 4) is 5.75 Å². The number of benzene rings is 2. The summed E-state index contributed by atoms with van der Waals surface area (Å²) in [7, 11) is 3.51. The zero-order valence-electron chi connectivity index (χ0n) is 15.4. The number of imidazole rings is 1. The van der Waals surface area contributed by atoms with E-state index in [0.717, 1.165) is 16.9 Å². The van der Waals surface area contributed by atoms with E-state index in [-0.39, 0.29) is 12.3 Å². The van der Waals surface area contributed by atoms with Gasteiger partial charge in [-0.1, -0.05) is 30.3 Å². The monoisotopic (exact) mass is 391 g/mol. The second-order valence-electron chi connectivity index (χ2n) is 6.01. The van der Waals surface area contributed by atoms with Crippen LogP contribution < -0.4 is 15.4 Å². The van der Waals surface area contributed by atoms with Gasteiger partial charge in [0.05, 0.1) is 17.6 Å². The summed E-state index contributed by atoms with van der Waals surface area (Å²) in [5, 5.41) is 6.11. The van der Waals surface area contributed by atoms with Crippen molar-refractivity contribution in [2.24, 2.45) is 12.0 Å². The minimum absolute atomic E-state index is 0.120. The first-order chi connectivity index (χ1) is 13.4. The second-order valence-corrected chi connectivity index (χ2v) is 6.01. The van der Waals surface area contributed by atoms with E-state index in [1.165, 1.54) is 12.1 Å². The molecular formula is C19H20F3N5O. The number of aromatic nitrogens is 2. The topological polar surface area (TPSA) is 63.5 Å². The van der Waals surface area contributed by atoms with Crippen LogP contribution in [0.15, 0.2) is 53.5 Å². The lowest BCUT2D eigenvalue weighted by molar-refractivity contribution is -0.274. The van der Waals surface area contributed by atoms with Crippen molar-refractivity contribution in [2.45, 2.75) is 19.5 Å². The van der Waals surface area contributed by atoms with Crippen LogP contribution in [-0.4, -0.2) is 28.9 Å². The van der Waals surface area contributed by atoms with Crippen LogP contribution in [0.2, 0.25) is 0 Å². The molecule has 2 aromatic carbocycles. The van der Waals surface area contributed by atoms with Gasteiger partial charge >= 0.3 is 6.36 Å². The SMILES string of the molecule is CN=C(NCc1ccccc1OC(F)(F)F)NCc1nc2ccccc2n1C. The predicted molar refractivity (Wildman–Crippen MR) is 101 cm³/mol. The van der Waals surface area contributed by atoms with Crippen molar-refractivity contribution in [3.63, 3.8) is 0 Å². The standard InChI is InChI=1S/C19H20F3N5O/c1-23-18(24-11-13-7-3-6-10-16(13)28-19(20,21)22)25-12-17-26-14-8-4-5-9-15(14)27(17)2/h3-10H,11-12H2,1-2H3,(H2,23,24,25). The van der Waals surface area contributed by atoms with E-state index in [2.05, 4.69) is 25.3 Å². The molecule has 9 heteroatoms. The maximum absolute atomic E-state index is 12.5. The fraction of sp³-hybridized carbons (Fsp3) is 0.263. The minimum atomic E-state index is -4.74. The van der Waals surface area contributed by atoms with Crippen LogP contribution in [0.25, 0.3) is 11.0 Å². The predicted octanol–water partition coefficient (Wildman–Crippen LogP) is 3.34. The number of guanidine groups is 1. The van der Waals surface area contributed by atoms with E-state index in [4.69, 9.17) is 0 Å². The molecule has 0 saturated heterocycles. The first-order valence-electron chi connectivity index (χ1n) is 8.56. The van der Waals surface area contributed by atoms with Gasteiger partial charge in [-0.25, -0.2) is 4.98 Å². The van der Waals surface area contributed by atoms with Crippen LogP contribution in [0.5, 0.6) is 5.75 Å². The fourth-order valence-electron chi connectivity index (χ4n) is 2.79. The molecule has 0 unspecified atom stereocenters. The number of halogens is 3. The van der Waals surface area contributed by atoms with Gasteiger partial charge in [0.1, 0.15) is 11.6 Å². The second kappa shape index (κ2) is 8.20. The molecule has 3 rings (SSSR count). The van der Waals surface area contributed by atoms with Crippen molar-refractivity contribution < 1.29 is 17.9 Å². The molecule has 0 aliphatic carbocycles. The number of ether oxygens (including phenoxy) is 1. The molecule has 0 aliphatic rings. The number of para-hydroxylation sites is 3. The zero-order chi connectivity index (χ0) is 20.1. The minimum Gasteiger partial charge on any atom is -0.405 e. The average molecular weight is 391 g/mol. The maximum Gasteiger partial charge on any atom is 0.573 e. The molecule has 1 aromatic heterocycles. The van der Waals surface area contributed by atoms with Gasteiger partial charge in [0.15, 0.2) is 5.96 Å². The third-order valence-electron chi connectivity index (χ3n) is 4.16. The Morgan fingerprint density at radius 3 is 2.46 bits per heavy atom. The third-order valence-corrected chi connectivity index (χ3v) is 4.16. The lowest BCUT2D eigenvalue weighted by atomic mass is 10.2. The molecule has 3 aromatic rings. The number of aliphatic imine (C=N–C) groups is 1. The van der Waals surface area contributed by atoms with E-state index in [1.807, 2.05) is 35.9 Å². The van der Waals surface area contributed by atoms with Crippen LogP contribution in [0.1, 0.15) is 11.4 Å². The van der Waals surface area contributed by atoms with Gasteiger partial charge in [0.25, 0.3) is 0 Å². The van der Waals surface area contributed by atoms with Crippen molar-refractivity contribution in [1.82, 2.24) is 20.2 Å². The van der Waals surface area contributed by atoms with E-state index in [9.17, 15) is 13.2 Å². The summed E-state index contributed by atoms with van der Waals surface area (Å²) in [6, 6.07) is 13.8. The van der Waals surface area contributed by atoms with Gasteiger partial charge in [0, 0.05) is 26.2 Å². The lowest BCUT2D eigenvalue weighted by Gasteiger charge is -2.15. The zero-order valence-corrected chi connectivity index (χ0v) is 15.4. The Bertz CT molecular complexity index is 981. The Morgan fingerprint density at radius 1 is 1.07 bits per heavy atom. The number of nitrogens with one attached hydrogen (secondary N) is 2. The largest absolute Gasteiger partial charge is 0.573 e. The summed E-state index contributed by atoms with van der Waals surface area (Å²) < 4.78 is 43.6. The summed E-state index contributed by atoms with van der Waals surface area (Å²) in [5.74, 6) is 1.01. The Morgan fingerprint density at radius 2 is 1.75 bits per heavy atom. The van der Waals surface area contributed by atoms with Crippen molar-refractivity contribution in [3.05, 3.63) is 59.9 Å². The third kappa shape index (κ3) is 4.73. The van der Waals surface area contributed by atoms with Gasteiger partial charge in [-0.05, 0) is 18.2 Å². The summed E-state index contributed by atoms with van der Waals surface area (Å²) >= 11 is 0. The number of nitrogens with zero attached hydrogens (tertiary/aromatic N) is 3. The first kappa shape index (κ1) is 19.5. The molecule has 0 radical (unpaired) electrons. The summed E-state index contributed by atoms with van der Waals surface area (Å²) in [4.78, 5) is 8.66. The highest BCUT2D eigenvalue weighted by Crippen LogP contribution is 2.26. The fourth-order valence-corrected chi connectivity index (χ4v) is 2.79. The highest BCUT2D eigenvalue weighted by molar-refractivity contribution is 5.80. The normalized spacial score (nSPS) is 12.2. The molecule has 2 N–H and O–H groups in total. The number of aryl methyl sites for hydroxylation is 1. The van der Waals surface area contributed by atoms with Crippen molar-refractivity contribution in [2.75, 3.05) is 7.05 Å². The van der Waals surface area contributed by atoms with Crippen LogP contribution in [0.4, 0.5) is 13.2 Å². The Balaban J connectivity index is 1.63. The maximum atomic E-state index is 12.5. The Hall–Kier alpha value is -3.23. The highest BCUT2D eigenvalue weighted by atomic mass is 19.4. The summed E-state index contributed by atoms with van der Waals surface area (Å²) in [5.41, 5.74) is 2.27. The van der Waals surface area contributed by atoms with Gasteiger partial charge in [-0.2, -0.15) is 0 Å². The molecule has 0 saturated carbocycles. The highest BCUT2D eigenvalue weighted by Gasteiger charge is 2.31. The molecule has 28 heavy (non-hydrogen) atoms. The van der Waals surface area contributed by atoms with Crippen LogP contribution in [0.3, 0.4) is 0 Å². The van der Waals surface area contributed by atoms with Crippen LogP contribution in [-0.2, 0) is 20.1 Å². The smallest absolute Gasteiger partial charge is 0.405 e. The molecule has 1 heterocycles. The molecule has 148 valence electrons. The molecule has 0 spiro atoms. The van der Waals surface area contributed by atoms with Crippen molar-refractivity contribution >= 4 is 17.0 Å². The Labute approximate surface area is 160 Å². The molecule has 0 aliphatic heterocycles. The van der Waals surface area contributed by atoms with E-state index >= 15 is 0 Å². The molecular weight excluding hydrogens is 371 g/mol. The van der Waals surface area contributed by atoms with Crippen LogP contribution in [0, 0.1) is 0 Å². The molecule has 0 bridgehead atoms. The first-order valence-corrected chi connectivity index (χ1v) is 8.56. The van der Waals surface area contributed by atoms with Gasteiger partial charge < -0.3 is 19.9 Å². The number of alkyl halides is 3. The van der Waals surface area contributed by atoms with Crippen LogP contribution >= 0.6 is 0 Å². The quantitative estimate of drug-likeness (QED) is 0.517. The summed E-state index contributed by atoms with van der Waals surface area (Å²) in [6.07, 6.45) is -4.74. The summed E-state index contributed by atoms with van der Waals surface area (Å²) in [6.45, 7) is 0.528. The molecule has 6 nitrogen and oxygen atoms in total. The number of rotatable bonds is 5.